The molecule has 0 aromatic rings. The average Bonchev–Trinajstić information content (AvgIpc) is 2.72. The second-order valence-electron chi connectivity index (χ2n) is 5.85. The van der Waals surface area contributed by atoms with Crippen molar-refractivity contribution in [3.8, 4) is 0 Å². The maximum absolute atomic E-state index is 12.0. The average molecular weight is 294 g/mol. The molecule has 0 amide bonds. The van der Waals surface area contributed by atoms with Crippen LogP contribution in [0.3, 0.4) is 0 Å². The summed E-state index contributed by atoms with van der Waals surface area (Å²) in [4.78, 5) is 15.6. The SMILES string of the molecule is O=C1CC23CCCCC2=CN2C=C(Cl)CCC2=C3S1. The highest BCUT2D eigenvalue weighted by molar-refractivity contribution is 8.17. The van der Waals surface area contributed by atoms with Crippen LogP contribution in [0.15, 0.2) is 33.6 Å². The summed E-state index contributed by atoms with van der Waals surface area (Å²) >= 11 is 7.67. The van der Waals surface area contributed by atoms with Crippen LogP contribution >= 0.6 is 23.4 Å². The molecule has 0 radical (unpaired) electrons. The normalized spacial score (nSPS) is 33.5. The zero-order valence-electron chi connectivity index (χ0n) is 10.7. The number of allylic oxidation sites excluding steroid dienone is 4. The molecule has 2 nitrogen and oxygen atoms in total. The van der Waals surface area contributed by atoms with E-state index < -0.39 is 0 Å². The summed E-state index contributed by atoms with van der Waals surface area (Å²) < 4.78 is 0. The second-order valence-corrected chi connectivity index (χ2v) is 7.41. The van der Waals surface area contributed by atoms with E-state index in [2.05, 4.69) is 11.1 Å². The fraction of sp³-hybridized carbons (Fsp3) is 0.533. The lowest BCUT2D eigenvalue weighted by molar-refractivity contribution is -0.111. The minimum atomic E-state index is 0.0729. The number of fused-ring (bicyclic) bond motifs is 1. The minimum absolute atomic E-state index is 0.0729. The summed E-state index contributed by atoms with van der Waals surface area (Å²) in [5, 5.41) is 1.26. The van der Waals surface area contributed by atoms with E-state index >= 15 is 0 Å². The Morgan fingerprint density at radius 2 is 2.11 bits per heavy atom. The Labute approximate surface area is 122 Å². The summed E-state index contributed by atoms with van der Waals surface area (Å²) in [6, 6.07) is 0. The molecule has 0 bridgehead atoms. The molecule has 4 aliphatic rings. The van der Waals surface area contributed by atoms with E-state index in [4.69, 9.17) is 11.6 Å². The number of carbonyl (C=O) groups excluding carboxylic acids is 1. The van der Waals surface area contributed by atoms with Crippen LogP contribution in [-0.2, 0) is 4.79 Å². The van der Waals surface area contributed by atoms with Crippen LogP contribution in [0.4, 0.5) is 0 Å². The van der Waals surface area contributed by atoms with Gasteiger partial charge < -0.3 is 4.90 Å². The molecule has 3 aliphatic heterocycles. The maximum Gasteiger partial charge on any atom is 0.194 e. The van der Waals surface area contributed by atoms with Gasteiger partial charge in [0.1, 0.15) is 0 Å². The van der Waals surface area contributed by atoms with Gasteiger partial charge in [0.25, 0.3) is 0 Å². The standard InChI is InChI=1S/C15H16ClNOS/c16-11-4-5-12-14-15(7-13(18)19-14)6-2-1-3-10(15)8-17(12)9-11/h8-9H,1-7H2. The highest BCUT2D eigenvalue weighted by Crippen LogP contribution is 2.62. The monoisotopic (exact) mass is 293 g/mol. The van der Waals surface area contributed by atoms with Crippen molar-refractivity contribution in [2.75, 3.05) is 0 Å². The first kappa shape index (κ1) is 12.1. The van der Waals surface area contributed by atoms with Gasteiger partial charge in [0.15, 0.2) is 5.12 Å². The number of nitrogens with zero attached hydrogens (tertiary/aromatic N) is 1. The van der Waals surface area contributed by atoms with Crippen molar-refractivity contribution in [2.24, 2.45) is 5.41 Å². The van der Waals surface area contributed by atoms with Gasteiger partial charge in [-0.25, -0.2) is 0 Å². The highest BCUT2D eigenvalue weighted by atomic mass is 35.5. The van der Waals surface area contributed by atoms with Gasteiger partial charge in [-0.15, -0.1) is 0 Å². The molecular weight excluding hydrogens is 278 g/mol. The van der Waals surface area contributed by atoms with Crippen LogP contribution in [0.25, 0.3) is 0 Å². The zero-order chi connectivity index (χ0) is 13.0. The maximum atomic E-state index is 12.0. The Balaban J connectivity index is 1.89. The lowest BCUT2D eigenvalue weighted by Gasteiger charge is -2.44. The lowest BCUT2D eigenvalue weighted by atomic mass is 9.66. The minimum Gasteiger partial charge on any atom is -0.326 e. The third-order valence-electron chi connectivity index (χ3n) is 4.76. The van der Waals surface area contributed by atoms with Crippen molar-refractivity contribution in [3.63, 3.8) is 0 Å². The summed E-state index contributed by atoms with van der Waals surface area (Å²) in [6.45, 7) is 0. The molecule has 100 valence electrons. The summed E-state index contributed by atoms with van der Waals surface area (Å²) in [5.74, 6) is 0. The number of thioether (sulfide) groups is 1. The molecule has 1 spiro atoms. The Hall–Kier alpha value is -0.670. The smallest absolute Gasteiger partial charge is 0.194 e. The Kier molecular flexibility index (Phi) is 2.65. The molecule has 4 heteroatoms. The van der Waals surface area contributed by atoms with Crippen molar-refractivity contribution >= 4 is 28.5 Å². The summed E-state index contributed by atoms with van der Waals surface area (Å²) in [6.07, 6.45) is 11.7. The van der Waals surface area contributed by atoms with Crippen molar-refractivity contribution in [1.82, 2.24) is 4.90 Å². The van der Waals surface area contributed by atoms with Crippen LogP contribution in [0.2, 0.25) is 0 Å². The number of halogens is 1. The van der Waals surface area contributed by atoms with E-state index in [1.807, 2.05) is 6.20 Å². The molecule has 0 N–H and O–H groups in total. The van der Waals surface area contributed by atoms with E-state index in [-0.39, 0.29) is 5.41 Å². The molecule has 1 saturated heterocycles. The first-order chi connectivity index (χ1) is 9.19. The van der Waals surface area contributed by atoms with E-state index in [1.165, 1.54) is 40.8 Å². The first-order valence-corrected chi connectivity index (χ1v) is 8.18. The molecule has 4 rings (SSSR count). The van der Waals surface area contributed by atoms with Gasteiger partial charge in [-0.2, -0.15) is 0 Å². The second kappa shape index (κ2) is 4.16. The lowest BCUT2D eigenvalue weighted by Crippen LogP contribution is -2.34. The third-order valence-corrected chi connectivity index (χ3v) is 6.25. The Morgan fingerprint density at radius 3 is 3.00 bits per heavy atom. The number of hydrogen-bond acceptors (Lipinski definition) is 3. The number of carbonyl (C=O) groups is 1. The van der Waals surface area contributed by atoms with Gasteiger partial charge in [0, 0.05) is 39.9 Å². The molecule has 1 atom stereocenters. The largest absolute Gasteiger partial charge is 0.326 e. The fourth-order valence-electron chi connectivity index (χ4n) is 3.88. The first-order valence-electron chi connectivity index (χ1n) is 6.99. The van der Waals surface area contributed by atoms with E-state index in [0.717, 1.165) is 30.7 Å². The van der Waals surface area contributed by atoms with Gasteiger partial charge in [-0.1, -0.05) is 29.8 Å². The molecule has 1 unspecified atom stereocenters. The molecule has 0 aromatic carbocycles. The zero-order valence-corrected chi connectivity index (χ0v) is 12.3. The third kappa shape index (κ3) is 1.67. The molecular formula is C15H16ClNOS. The van der Waals surface area contributed by atoms with Crippen molar-refractivity contribution in [1.29, 1.82) is 0 Å². The summed E-state index contributed by atoms with van der Waals surface area (Å²) in [5.41, 5.74) is 2.85. The van der Waals surface area contributed by atoms with Gasteiger partial charge in [-0.05, 0) is 37.7 Å². The van der Waals surface area contributed by atoms with Crippen LogP contribution in [0.1, 0.15) is 44.9 Å². The fourth-order valence-corrected chi connectivity index (χ4v) is 5.45. The topological polar surface area (TPSA) is 20.3 Å². The van der Waals surface area contributed by atoms with Gasteiger partial charge >= 0.3 is 0 Å². The van der Waals surface area contributed by atoms with Crippen molar-refractivity contribution in [3.05, 3.63) is 33.6 Å². The predicted molar refractivity (Wildman–Crippen MR) is 78.2 cm³/mol. The van der Waals surface area contributed by atoms with E-state index in [1.54, 1.807) is 0 Å². The molecule has 1 aliphatic carbocycles. The predicted octanol–water partition coefficient (Wildman–Crippen LogP) is 4.50. The van der Waals surface area contributed by atoms with E-state index in [9.17, 15) is 4.79 Å². The van der Waals surface area contributed by atoms with Gasteiger partial charge in [0.05, 0.1) is 0 Å². The molecule has 3 heterocycles. The van der Waals surface area contributed by atoms with Crippen LogP contribution in [-0.4, -0.2) is 10.0 Å². The quantitative estimate of drug-likeness (QED) is 0.656. The van der Waals surface area contributed by atoms with Crippen LogP contribution in [0.5, 0.6) is 0 Å². The Morgan fingerprint density at radius 1 is 1.21 bits per heavy atom. The molecule has 19 heavy (non-hydrogen) atoms. The Bertz CT molecular complexity index is 562. The molecule has 0 aromatic heterocycles. The number of hydrogen-bond donors (Lipinski definition) is 0. The molecule has 2 fully saturated rings. The van der Waals surface area contributed by atoms with Gasteiger partial charge in [0.2, 0.25) is 0 Å². The molecule has 1 saturated carbocycles. The highest BCUT2D eigenvalue weighted by Gasteiger charge is 2.51. The van der Waals surface area contributed by atoms with Gasteiger partial charge in [-0.3, -0.25) is 4.79 Å². The van der Waals surface area contributed by atoms with Crippen LogP contribution in [0, 0.1) is 5.41 Å². The van der Waals surface area contributed by atoms with Crippen LogP contribution < -0.4 is 0 Å². The van der Waals surface area contributed by atoms with Crippen molar-refractivity contribution in [2.45, 2.75) is 44.9 Å². The van der Waals surface area contributed by atoms with Crippen molar-refractivity contribution < 1.29 is 4.79 Å². The van der Waals surface area contributed by atoms with E-state index in [0.29, 0.717) is 11.5 Å². The number of rotatable bonds is 0. The summed E-state index contributed by atoms with van der Waals surface area (Å²) in [7, 11) is 0.